The van der Waals surface area contributed by atoms with Gasteiger partial charge in [0, 0.05) is 9.34 Å². The molecule has 0 unspecified atom stereocenters. The monoisotopic (exact) mass is 441 g/mol. The van der Waals surface area contributed by atoms with Crippen LogP contribution in [0.1, 0.15) is 78.1 Å². The normalized spacial score (nSPS) is 53.5. The van der Waals surface area contributed by atoms with Crippen LogP contribution in [0.5, 0.6) is 0 Å². The Kier molecular flexibility index (Phi) is 4.39. The maximum absolute atomic E-state index is 9.05. The van der Waals surface area contributed by atoms with Crippen molar-refractivity contribution in [2.75, 3.05) is 4.43 Å². The summed E-state index contributed by atoms with van der Waals surface area (Å²) in [5, 5.41) is 4.30. The molecule has 0 aliphatic heterocycles. The molecule has 3 nitrogen and oxygen atoms in total. The summed E-state index contributed by atoms with van der Waals surface area (Å²) in [6.45, 7) is 5.21. The highest BCUT2D eigenvalue weighted by Gasteiger charge is 2.59. The third-order valence-electron chi connectivity index (χ3n) is 9.11. The van der Waals surface area contributed by atoms with E-state index in [-0.39, 0.29) is 5.54 Å². The maximum atomic E-state index is 9.05. The van der Waals surface area contributed by atoms with E-state index in [1.165, 1.54) is 51.4 Å². The molecule has 0 heterocycles. The van der Waals surface area contributed by atoms with Gasteiger partial charge in [-0.3, -0.25) is 0 Å². The fourth-order valence-electron chi connectivity index (χ4n) is 7.65. The molecule has 4 aliphatic rings. The summed E-state index contributed by atoms with van der Waals surface area (Å²) in [5.41, 5.74) is 10.1. The lowest BCUT2D eigenvalue weighted by molar-refractivity contribution is -0.112. The van der Waals surface area contributed by atoms with E-state index in [0.29, 0.717) is 10.8 Å². The van der Waals surface area contributed by atoms with Crippen LogP contribution in [0.15, 0.2) is 5.11 Å². The minimum Gasteiger partial charge on any atom is -0.0865 e. The van der Waals surface area contributed by atoms with Crippen LogP contribution in [0.25, 0.3) is 10.4 Å². The van der Waals surface area contributed by atoms with Crippen molar-refractivity contribution in [3.63, 3.8) is 0 Å². The van der Waals surface area contributed by atoms with Gasteiger partial charge in [0.15, 0.2) is 0 Å². The lowest BCUT2D eigenvalue weighted by atomic mass is 9.44. The van der Waals surface area contributed by atoms with Crippen LogP contribution in [-0.4, -0.2) is 9.97 Å². The molecule has 7 atom stereocenters. The lowest BCUT2D eigenvalue weighted by Gasteiger charge is -2.61. The largest absolute Gasteiger partial charge is 0.0865 e. The number of alkyl halides is 1. The van der Waals surface area contributed by atoms with E-state index in [1.807, 2.05) is 0 Å². The van der Waals surface area contributed by atoms with Gasteiger partial charge < -0.3 is 0 Å². The highest BCUT2D eigenvalue weighted by atomic mass is 127. The van der Waals surface area contributed by atoms with Crippen molar-refractivity contribution in [1.29, 1.82) is 0 Å². The Labute approximate surface area is 160 Å². The Morgan fingerprint density at radius 1 is 1.04 bits per heavy atom. The summed E-state index contributed by atoms with van der Waals surface area (Å²) in [5.74, 6) is 3.70. The minimum atomic E-state index is -0.0944. The Morgan fingerprint density at radius 3 is 2.62 bits per heavy atom. The molecule has 0 aromatic rings. The van der Waals surface area contributed by atoms with Crippen LogP contribution >= 0.6 is 22.6 Å². The number of nitrogens with zero attached hydrogens (tertiary/aromatic N) is 3. The minimum absolute atomic E-state index is 0.0944. The van der Waals surface area contributed by atoms with Gasteiger partial charge in [-0.05, 0) is 97.8 Å². The smallest absolute Gasteiger partial charge is 0.0580 e. The predicted molar refractivity (Wildman–Crippen MR) is 107 cm³/mol. The molecular formula is C20H32IN3. The fraction of sp³-hybridized carbons (Fsp3) is 1.00. The number of rotatable bonds is 2. The molecule has 4 heteroatoms. The molecule has 0 amide bonds. The van der Waals surface area contributed by atoms with E-state index in [0.717, 1.165) is 40.9 Å². The molecule has 134 valence electrons. The van der Waals surface area contributed by atoms with Crippen molar-refractivity contribution in [1.82, 2.24) is 0 Å². The van der Waals surface area contributed by atoms with E-state index < -0.39 is 0 Å². The highest BCUT2D eigenvalue weighted by molar-refractivity contribution is 14.1. The van der Waals surface area contributed by atoms with Crippen LogP contribution in [0.4, 0.5) is 0 Å². The second-order valence-electron chi connectivity index (χ2n) is 9.99. The van der Waals surface area contributed by atoms with Crippen molar-refractivity contribution in [3.05, 3.63) is 10.4 Å². The molecule has 0 bridgehead atoms. The van der Waals surface area contributed by atoms with E-state index in [4.69, 9.17) is 5.53 Å². The molecule has 0 saturated heterocycles. The van der Waals surface area contributed by atoms with E-state index in [1.54, 1.807) is 0 Å². The summed E-state index contributed by atoms with van der Waals surface area (Å²) in [6, 6.07) is 0. The van der Waals surface area contributed by atoms with E-state index >= 15 is 0 Å². The molecule has 0 aromatic heterocycles. The standard InChI is InChI=1S/C20H32IN3/c1-18-8-3-4-16(18)15-6-5-14-12-20(13-21,23-24-22)11-10-19(14,2)17(15)7-9-18/h14-17H,3-13H2,1-2H3/t14-,15-,16-,17-,18-,19-,20-/m0/s1. The van der Waals surface area contributed by atoms with Gasteiger partial charge in [0.1, 0.15) is 0 Å². The Hall–Kier alpha value is 0.0400. The number of hydrogen-bond acceptors (Lipinski definition) is 1. The van der Waals surface area contributed by atoms with Gasteiger partial charge in [0.05, 0.1) is 5.54 Å². The molecule has 0 N–H and O–H groups in total. The topological polar surface area (TPSA) is 48.8 Å². The predicted octanol–water partition coefficient (Wildman–Crippen LogP) is 6.90. The van der Waals surface area contributed by atoms with Gasteiger partial charge in [-0.15, -0.1) is 0 Å². The van der Waals surface area contributed by atoms with Crippen LogP contribution in [0.3, 0.4) is 0 Å². The zero-order valence-corrected chi connectivity index (χ0v) is 17.5. The molecule has 0 spiro atoms. The van der Waals surface area contributed by atoms with Crippen molar-refractivity contribution in [2.24, 2.45) is 39.6 Å². The first-order valence-corrected chi connectivity index (χ1v) is 11.6. The molecule has 4 rings (SSSR count). The van der Waals surface area contributed by atoms with Crippen molar-refractivity contribution in [3.8, 4) is 0 Å². The van der Waals surface area contributed by atoms with Gasteiger partial charge in [0.25, 0.3) is 0 Å². The average molecular weight is 441 g/mol. The van der Waals surface area contributed by atoms with Crippen molar-refractivity contribution in [2.45, 2.75) is 83.6 Å². The summed E-state index contributed by atoms with van der Waals surface area (Å²) < 4.78 is 0.982. The quantitative estimate of drug-likeness (QED) is 0.147. The first-order valence-electron chi connectivity index (χ1n) is 10.1. The van der Waals surface area contributed by atoms with Gasteiger partial charge in [-0.25, -0.2) is 0 Å². The van der Waals surface area contributed by atoms with Crippen LogP contribution in [0, 0.1) is 34.5 Å². The molecular weight excluding hydrogens is 409 g/mol. The first-order chi connectivity index (χ1) is 11.5. The number of hydrogen-bond donors (Lipinski definition) is 0. The van der Waals surface area contributed by atoms with Crippen LogP contribution < -0.4 is 0 Å². The Morgan fingerprint density at radius 2 is 1.88 bits per heavy atom. The Bertz CT molecular complexity index is 559. The molecule has 0 radical (unpaired) electrons. The molecule has 4 aliphatic carbocycles. The van der Waals surface area contributed by atoms with Gasteiger partial charge in [0.2, 0.25) is 0 Å². The van der Waals surface area contributed by atoms with E-state index in [9.17, 15) is 0 Å². The van der Waals surface area contributed by atoms with Crippen LogP contribution in [0.2, 0.25) is 0 Å². The first kappa shape index (κ1) is 17.5. The van der Waals surface area contributed by atoms with Crippen molar-refractivity contribution >= 4 is 22.6 Å². The molecule has 4 saturated carbocycles. The summed E-state index contributed by atoms with van der Waals surface area (Å²) in [6.07, 6.45) is 13.7. The van der Waals surface area contributed by atoms with Gasteiger partial charge in [-0.2, -0.15) is 0 Å². The maximum Gasteiger partial charge on any atom is 0.0580 e. The SMILES string of the molecule is C[C@@]12CCC[C@H]1[C@@H]1CC[C@H]3C[C@@](CI)(N=[N+]=[N-])CC[C@]3(C)[C@H]1CC2. The molecule has 24 heavy (non-hydrogen) atoms. The summed E-state index contributed by atoms with van der Waals surface area (Å²) >= 11 is 2.45. The second kappa shape index (κ2) is 6.04. The zero-order valence-electron chi connectivity index (χ0n) is 15.3. The third-order valence-corrected chi connectivity index (χ3v) is 10.5. The van der Waals surface area contributed by atoms with E-state index in [2.05, 4.69) is 46.5 Å². The van der Waals surface area contributed by atoms with Crippen molar-refractivity contribution < 1.29 is 0 Å². The zero-order chi connectivity index (χ0) is 17.0. The van der Waals surface area contributed by atoms with Crippen LogP contribution in [-0.2, 0) is 0 Å². The summed E-state index contributed by atoms with van der Waals surface area (Å²) in [4.78, 5) is 3.22. The second-order valence-corrected chi connectivity index (χ2v) is 10.8. The number of halogens is 1. The number of azide groups is 1. The average Bonchev–Trinajstić information content (AvgIpc) is 2.97. The summed E-state index contributed by atoms with van der Waals surface area (Å²) in [7, 11) is 0. The Balaban J connectivity index is 1.60. The van der Waals surface area contributed by atoms with Gasteiger partial charge in [-0.1, -0.05) is 48.0 Å². The third kappa shape index (κ3) is 2.46. The number of fused-ring (bicyclic) bond motifs is 5. The van der Waals surface area contributed by atoms with Gasteiger partial charge >= 0.3 is 0 Å². The fourth-order valence-corrected chi connectivity index (χ4v) is 8.49. The molecule has 4 fully saturated rings. The molecule has 0 aromatic carbocycles. The highest BCUT2D eigenvalue weighted by Crippen LogP contribution is 2.67. The lowest BCUT2D eigenvalue weighted by Crippen LogP contribution is -2.55.